The Bertz CT molecular complexity index is 203. The average molecular weight is 172 g/mol. The van der Waals surface area contributed by atoms with E-state index in [2.05, 4.69) is 0 Å². The summed E-state index contributed by atoms with van der Waals surface area (Å²) in [7, 11) is 0. The number of nitrogens with two attached hydrogens (primary N) is 2. The molecule has 0 saturated carbocycles. The molecular formula is C8H16N2O2. The fraction of sp³-hybridized carbons (Fsp3) is 0.875. The Kier molecular flexibility index (Phi) is 2.14. The van der Waals surface area contributed by atoms with Crippen molar-refractivity contribution in [1.82, 2.24) is 0 Å². The van der Waals surface area contributed by atoms with Crippen molar-refractivity contribution in [2.45, 2.75) is 37.8 Å². The molecule has 0 aromatic rings. The van der Waals surface area contributed by atoms with Crippen LogP contribution in [-0.2, 0) is 9.53 Å². The van der Waals surface area contributed by atoms with E-state index in [4.69, 9.17) is 16.2 Å². The van der Waals surface area contributed by atoms with Crippen molar-refractivity contribution in [3.63, 3.8) is 0 Å². The van der Waals surface area contributed by atoms with Crippen LogP contribution in [0.4, 0.5) is 0 Å². The van der Waals surface area contributed by atoms with Crippen LogP contribution in [0.5, 0.6) is 0 Å². The first-order valence-electron chi connectivity index (χ1n) is 4.04. The van der Waals surface area contributed by atoms with Crippen LogP contribution < -0.4 is 11.5 Å². The van der Waals surface area contributed by atoms with Crippen molar-refractivity contribution < 1.29 is 9.53 Å². The summed E-state index contributed by atoms with van der Waals surface area (Å²) in [6, 6.07) is 0. The highest BCUT2D eigenvalue weighted by Gasteiger charge is 2.42. The van der Waals surface area contributed by atoms with Gasteiger partial charge in [0.15, 0.2) is 0 Å². The number of carbonyl (C=O) groups excluding carboxylic acids is 1. The Balaban J connectivity index is 2.58. The molecule has 1 amide bonds. The first-order chi connectivity index (χ1) is 5.33. The van der Waals surface area contributed by atoms with Gasteiger partial charge in [-0.05, 0) is 20.3 Å². The highest BCUT2D eigenvalue weighted by atomic mass is 16.5. The lowest BCUT2D eigenvalue weighted by molar-refractivity contribution is -0.119. The monoisotopic (exact) mass is 172 g/mol. The van der Waals surface area contributed by atoms with Gasteiger partial charge >= 0.3 is 0 Å². The number of rotatable bonds is 2. The molecule has 0 aliphatic carbocycles. The average Bonchev–Trinajstić information content (AvgIpc) is 2.03. The smallest absolute Gasteiger partial charge is 0.219 e. The molecular weight excluding hydrogens is 156 g/mol. The minimum atomic E-state index is -0.546. The van der Waals surface area contributed by atoms with Crippen LogP contribution in [0.15, 0.2) is 0 Å². The zero-order valence-corrected chi connectivity index (χ0v) is 7.59. The third-order valence-electron chi connectivity index (χ3n) is 2.05. The molecule has 4 heteroatoms. The normalized spacial score (nSPS) is 33.6. The lowest BCUT2D eigenvalue weighted by Crippen LogP contribution is -2.44. The van der Waals surface area contributed by atoms with Gasteiger partial charge < -0.3 is 16.2 Å². The third kappa shape index (κ3) is 2.19. The van der Waals surface area contributed by atoms with Gasteiger partial charge in [0.2, 0.25) is 5.91 Å². The van der Waals surface area contributed by atoms with E-state index in [1.807, 2.05) is 13.8 Å². The van der Waals surface area contributed by atoms with Gasteiger partial charge in [0.25, 0.3) is 0 Å². The highest BCUT2D eigenvalue weighted by molar-refractivity contribution is 5.75. The first-order valence-corrected chi connectivity index (χ1v) is 4.04. The van der Waals surface area contributed by atoms with Crippen molar-refractivity contribution in [2.24, 2.45) is 11.5 Å². The van der Waals surface area contributed by atoms with E-state index in [9.17, 15) is 4.79 Å². The summed E-state index contributed by atoms with van der Waals surface area (Å²) >= 11 is 0. The summed E-state index contributed by atoms with van der Waals surface area (Å²) in [6.07, 6.45) is 0.888. The molecule has 0 aromatic heterocycles. The molecule has 1 atom stereocenters. The Morgan fingerprint density at radius 2 is 2.17 bits per heavy atom. The summed E-state index contributed by atoms with van der Waals surface area (Å²) in [5.74, 6) is -0.362. The minimum absolute atomic E-state index is 0.205. The van der Waals surface area contributed by atoms with Gasteiger partial charge in [-0.3, -0.25) is 4.79 Å². The molecule has 1 fully saturated rings. The number of amides is 1. The Hall–Kier alpha value is -0.610. The van der Waals surface area contributed by atoms with Crippen LogP contribution in [0.3, 0.4) is 0 Å². The van der Waals surface area contributed by atoms with Crippen LogP contribution in [0.1, 0.15) is 26.7 Å². The Labute approximate surface area is 72.2 Å². The standard InChI is InChI=1S/C8H16N2O2/c1-7(2)4-8(10,5-12-7)3-6(9)11/h3-5,10H2,1-2H3,(H2,9,11). The topological polar surface area (TPSA) is 78.3 Å². The maximum atomic E-state index is 10.7. The predicted molar refractivity (Wildman–Crippen MR) is 45.4 cm³/mol. The third-order valence-corrected chi connectivity index (χ3v) is 2.05. The van der Waals surface area contributed by atoms with Gasteiger partial charge in [-0.1, -0.05) is 0 Å². The van der Waals surface area contributed by atoms with Gasteiger partial charge in [-0.15, -0.1) is 0 Å². The second kappa shape index (κ2) is 2.71. The number of ether oxygens (including phenoxy) is 1. The van der Waals surface area contributed by atoms with E-state index < -0.39 is 5.54 Å². The molecule has 0 spiro atoms. The van der Waals surface area contributed by atoms with Gasteiger partial charge in [0.1, 0.15) is 0 Å². The fourth-order valence-corrected chi connectivity index (χ4v) is 1.75. The van der Waals surface area contributed by atoms with Crippen LogP contribution in [0, 0.1) is 0 Å². The van der Waals surface area contributed by atoms with Gasteiger partial charge in [0.05, 0.1) is 17.7 Å². The quantitative estimate of drug-likeness (QED) is 0.603. The van der Waals surface area contributed by atoms with Gasteiger partial charge in [-0.25, -0.2) is 0 Å². The molecule has 1 heterocycles. The van der Waals surface area contributed by atoms with Crippen molar-refractivity contribution in [3.05, 3.63) is 0 Å². The number of primary amides is 1. The van der Waals surface area contributed by atoms with Crippen LogP contribution >= 0.6 is 0 Å². The summed E-state index contributed by atoms with van der Waals surface area (Å²) in [6.45, 7) is 4.34. The molecule has 1 saturated heterocycles. The van der Waals surface area contributed by atoms with Gasteiger partial charge in [-0.2, -0.15) is 0 Å². The summed E-state index contributed by atoms with van der Waals surface area (Å²) in [5.41, 5.74) is 10.2. The first kappa shape index (κ1) is 9.48. The molecule has 0 aromatic carbocycles. The lowest BCUT2D eigenvalue weighted by Gasteiger charge is -2.21. The molecule has 70 valence electrons. The second-order valence-corrected chi connectivity index (χ2v) is 4.23. The van der Waals surface area contributed by atoms with Gasteiger partial charge in [0, 0.05) is 6.42 Å². The Morgan fingerprint density at radius 1 is 1.58 bits per heavy atom. The zero-order valence-electron chi connectivity index (χ0n) is 7.59. The fourth-order valence-electron chi connectivity index (χ4n) is 1.75. The van der Waals surface area contributed by atoms with Crippen LogP contribution in [-0.4, -0.2) is 23.7 Å². The SMILES string of the molecule is CC1(C)CC(N)(CC(N)=O)CO1. The molecule has 1 rings (SSSR count). The maximum Gasteiger partial charge on any atom is 0.219 e. The largest absolute Gasteiger partial charge is 0.374 e. The van der Waals surface area contributed by atoms with Crippen LogP contribution in [0.2, 0.25) is 0 Å². The molecule has 1 aliphatic heterocycles. The van der Waals surface area contributed by atoms with E-state index in [-0.39, 0.29) is 17.9 Å². The molecule has 1 unspecified atom stereocenters. The van der Waals surface area contributed by atoms with Crippen LogP contribution in [0.25, 0.3) is 0 Å². The van der Waals surface area contributed by atoms with E-state index in [0.29, 0.717) is 13.0 Å². The van der Waals surface area contributed by atoms with Crippen molar-refractivity contribution in [2.75, 3.05) is 6.61 Å². The van der Waals surface area contributed by atoms with Crippen molar-refractivity contribution >= 4 is 5.91 Å². The minimum Gasteiger partial charge on any atom is -0.374 e. The molecule has 4 nitrogen and oxygen atoms in total. The summed E-state index contributed by atoms with van der Waals surface area (Å²) in [5, 5.41) is 0. The molecule has 12 heavy (non-hydrogen) atoms. The molecule has 4 N–H and O–H groups in total. The molecule has 1 aliphatic rings. The molecule has 0 bridgehead atoms. The number of hydrogen-bond acceptors (Lipinski definition) is 3. The Morgan fingerprint density at radius 3 is 2.50 bits per heavy atom. The van der Waals surface area contributed by atoms with Crippen molar-refractivity contribution in [1.29, 1.82) is 0 Å². The van der Waals surface area contributed by atoms with E-state index in [0.717, 1.165) is 0 Å². The predicted octanol–water partition coefficient (Wildman–Crippen LogP) is -0.242. The summed E-state index contributed by atoms with van der Waals surface area (Å²) in [4.78, 5) is 10.7. The van der Waals surface area contributed by atoms with Crippen molar-refractivity contribution in [3.8, 4) is 0 Å². The summed E-state index contributed by atoms with van der Waals surface area (Å²) < 4.78 is 5.42. The van der Waals surface area contributed by atoms with E-state index in [1.165, 1.54) is 0 Å². The van der Waals surface area contributed by atoms with E-state index in [1.54, 1.807) is 0 Å². The number of carbonyl (C=O) groups is 1. The van der Waals surface area contributed by atoms with E-state index >= 15 is 0 Å². The second-order valence-electron chi connectivity index (χ2n) is 4.23. The maximum absolute atomic E-state index is 10.7. The lowest BCUT2D eigenvalue weighted by atomic mass is 9.88. The number of hydrogen-bond donors (Lipinski definition) is 2. The zero-order chi connectivity index (χ0) is 9.41. The highest BCUT2D eigenvalue weighted by Crippen LogP contribution is 2.32. The molecule has 0 radical (unpaired) electrons.